The third-order valence-corrected chi connectivity index (χ3v) is 9.95. The highest BCUT2D eigenvalue weighted by Gasteiger charge is 2.35. The highest BCUT2D eigenvalue weighted by atomic mass is 79.9. The van der Waals surface area contributed by atoms with Crippen LogP contribution in [-0.4, -0.2) is 58.5 Å². The van der Waals surface area contributed by atoms with Crippen molar-refractivity contribution in [2.24, 2.45) is 0 Å². The van der Waals surface area contributed by atoms with Crippen molar-refractivity contribution in [2.45, 2.75) is 44.2 Å². The summed E-state index contributed by atoms with van der Waals surface area (Å²) in [6.07, 6.45) is 0.950. The van der Waals surface area contributed by atoms with E-state index in [1.165, 1.54) is 37.3 Å². The Hall–Kier alpha value is -4.35. The molecule has 4 aromatic rings. The number of hydrogen-bond acceptors (Lipinski definition) is 6. The van der Waals surface area contributed by atoms with E-state index in [1.54, 1.807) is 24.3 Å². The number of halogens is 1. The Kier molecular flexibility index (Phi) is 12.4. The van der Waals surface area contributed by atoms with Gasteiger partial charge in [0.05, 0.1) is 24.8 Å². The Morgan fingerprint density at radius 2 is 1.51 bits per heavy atom. The first-order valence-electron chi connectivity index (χ1n) is 15.2. The molecule has 0 bridgehead atoms. The number of ether oxygens (including phenoxy) is 2. The molecular weight excluding hydrogens is 682 g/mol. The number of methoxy groups -OCH3 is 2. The molecule has 11 heteroatoms. The number of nitrogens with one attached hydrogen (secondary N) is 1. The molecule has 0 aliphatic rings. The Labute approximate surface area is 285 Å². The van der Waals surface area contributed by atoms with Crippen LogP contribution in [0.25, 0.3) is 0 Å². The fourth-order valence-electron chi connectivity index (χ4n) is 5.05. The average Bonchev–Trinajstić information content (AvgIpc) is 3.08. The Balaban J connectivity index is 1.83. The SMILES string of the molecule is CCCNC(=O)[C@H](Cc1ccccc1)N(Cc1ccc(Br)cc1)C(=O)CN(c1ccc(OC)c(OC)c1)S(=O)(=O)c1ccc(C)cc1. The molecule has 248 valence electrons. The summed E-state index contributed by atoms with van der Waals surface area (Å²) in [6, 6.07) is 27.1. The smallest absolute Gasteiger partial charge is 0.264 e. The molecule has 0 aliphatic carbocycles. The third kappa shape index (κ3) is 9.14. The van der Waals surface area contributed by atoms with Crippen molar-refractivity contribution in [3.63, 3.8) is 0 Å². The van der Waals surface area contributed by atoms with Crippen LogP contribution in [-0.2, 0) is 32.6 Å². The summed E-state index contributed by atoms with van der Waals surface area (Å²) in [6.45, 7) is 3.75. The molecule has 4 aromatic carbocycles. The minimum Gasteiger partial charge on any atom is -0.493 e. The molecule has 2 amide bonds. The van der Waals surface area contributed by atoms with Crippen molar-refractivity contribution < 1.29 is 27.5 Å². The predicted molar refractivity (Wildman–Crippen MR) is 187 cm³/mol. The monoisotopic (exact) mass is 721 g/mol. The van der Waals surface area contributed by atoms with Crippen LogP contribution < -0.4 is 19.1 Å². The summed E-state index contributed by atoms with van der Waals surface area (Å²) in [7, 11) is -1.32. The molecule has 0 fully saturated rings. The van der Waals surface area contributed by atoms with Crippen molar-refractivity contribution in [2.75, 3.05) is 31.6 Å². The minimum atomic E-state index is -4.26. The number of nitrogens with zero attached hydrogens (tertiary/aromatic N) is 2. The molecule has 0 aromatic heterocycles. The van der Waals surface area contributed by atoms with Crippen LogP contribution in [0.4, 0.5) is 5.69 Å². The largest absolute Gasteiger partial charge is 0.493 e. The van der Waals surface area contributed by atoms with Gasteiger partial charge in [0.25, 0.3) is 10.0 Å². The second-order valence-electron chi connectivity index (χ2n) is 11.0. The zero-order valence-electron chi connectivity index (χ0n) is 27.0. The highest BCUT2D eigenvalue weighted by Crippen LogP contribution is 2.34. The molecule has 0 saturated carbocycles. The second kappa shape index (κ2) is 16.5. The zero-order valence-corrected chi connectivity index (χ0v) is 29.4. The van der Waals surface area contributed by atoms with E-state index in [9.17, 15) is 18.0 Å². The molecule has 0 radical (unpaired) electrons. The van der Waals surface area contributed by atoms with Gasteiger partial charge in [0.1, 0.15) is 12.6 Å². The van der Waals surface area contributed by atoms with Gasteiger partial charge in [-0.05, 0) is 60.9 Å². The minimum absolute atomic E-state index is 0.0201. The summed E-state index contributed by atoms with van der Waals surface area (Å²) >= 11 is 3.46. The molecule has 0 saturated heterocycles. The lowest BCUT2D eigenvalue weighted by molar-refractivity contribution is -0.140. The van der Waals surface area contributed by atoms with Gasteiger partial charge in [-0.15, -0.1) is 0 Å². The lowest BCUT2D eigenvalue weighted by atomic mass is 10.0. The van der Waals surface area contributed by atoms with Crippen molar-refractivity contribution in [1.29, 1.82) is 0 Å². The maximum atomic E-state index is 14.6. The maximum Gasteiger partial charge on any atom is 0.264 e. The fraction of sp³-hybridized carbons (Fsp3) is 0.278. The number of hydrogen-bond donors (Lipinski definition) is 1. The van der Waals surface area contributed by atoms with Crippen molar-refractivity contribution >= 4 is 43.5 Å². The van der Waals surface area contributed by atoms with E-state index in [2.05, 4.69) is 21.2 Å². The Morgan fingerprint density at radius 3 is 2.13 bits per heavy atom. The quantitative estimate of drug-likeness (QED) is 0.158. The fourth-order valence-corrected chi connectivity index (χ4v) is 6.72. The molecular formula is C36H40BrN3O6S. The van der Waals surface area contributed by atoms with Crippen LogP contribution >= 0.6 is 15.9 Å². The van der Waals surface area contributed by atoms with Crippen molar-refractivity contribution in [3.05, 3.63) is 118 Å². The van der Waals surface area contributed by atoms with Gasteiger partial charge in [-0.2, -0.15) is 0 Å². The van der Waals surface area contributed by atoms with E-state index in [4.69, 9.17) is 9.47 Å². The van der Waals surface area contributed by atoms with E-state index < -0.39 is 28.5 Å². The first-order valence-corrected chi connectivity index (χ1v) is 17.5. The number of anilines is 1. The standard InChI is InChI=1S/C36H40BrN3O6S/c1-5-21-38-36(42)32(22-27-9-7-6-8-10-27)39(24-28-13-15-29(37)16-14-28)35(41)25-40(30-17-20-33(45-3)34(23-30)46-4)47(43,44)31-18-11-26(2)12-19-31/h6-20,23,32H,5,21-22,24-25H2,1-4H3,(H,38,42)/t32-/m0/s1. The second-order valence-corrected chi connectivity index (χ2v) is 13.8. The van der Waals surface area contributed by atoms with Gasteiger partial charge in [0, 0.05) is 30.0 Å². The molecule has 0 spiro atoms. The molecule has 1 atom stereocenters. The number of sulfonamides is 1. The van der Waals surface area contributed by atoms with Gasteiger partial charge in [-0.3, -0.25) is 13.9 Å². The summed E-state index contributed by atoms with van der Waals surface area (Å²) in [5.74, 6) is -0.164. The van der Waals surface area contributed by atoms with Crippen LogP contribution in [0.3, 0.4) is 0 Å². The van der Waals surface area contributed by atoms with Gasteiger partial charge in [-0.25, -0.2) is 8.42 Å². The van der Waals surface area contributed by atoms with Crippen LogP contribution in [0.2, 0.25) is 0 Å². The highest BCUT2D eigenvalue weighted by molar-refractivity contribution is 9.10. The summed E-state index contributed by atoms with van der Waals surface area (Å²) in [4.78, 5) is 29.9. The number of benzene rings is 4. The molecule has 0 aliphatic heterocycles. The molecule has 4 rings (SSSR count). The predicted octanol–water partition coefficient (Wildman–Crippen LogP) is 6.14. The van der Waals surface area contributed by atoms with Gasteiger partial charge >= 0.3 is 0 Å². The van der Waals surface area contributed by atoms with E-state index >= 15 is 0 Å². The zero-order chi connectivity index (χ0) is 34.0. The molecule has 9 nitrogen and oxygen atoms in total. The van der Waals surface area contributed by atoms with Gasteiger partial charge in [-0.1, -0.05) is 83.0 Å². The van der Waals surface area contributed by atoms with Crippen LogP contribution in [0, 0.1) is 6.92 Å². The Morgan fingerprint density at radius 1 is 0.851 bits per heavy atom. The average molecular weight is 723 g/mol. The van der Waals surface area contributed by atoms with E-state index in [0.29, 0.717) is 24.5 Å². The van der Waals surface area contributed by atoms with Gasteiger partial charge < -0.3 is 19.7 Å². The summed E-state index contributed by atoms with van der Waals surface area (Å²) < 4.78 is 41.4. The van der Waals surface area contributed by atoms with Crippen molar-refractivity contribution in [1.82, 2.24) is 10.2 Å². The van der Waals surface area contributed by atoms with E-state index in [-0.39, 0.29) is 29.5 Å². The molecule has 0 heterocycles. The van der Waals surface area contributed by atoms with Crippen LogP contribution in [0.15, 0.2) is 106 Å². The number of aryl methyl sites for hydroxylation is 1. The van der Waals surface area contributed by atoms with Gasteiger partial charge in [0.2, 0.25) is 11.8 Å². The molecule has 0 unspecified atom stereocenters. The lowest BCUT2D eigenvalue weighted by Crippen LogP contribution is -2.53. The lowest BCUT2D eigenvalue weighted by Gasteiger charge is -2.34. The number of amides is 2. The van der Waals surface area contributed by atoms with Crippen molar-refractivity contribution in [3.8, 4) is 11.5 Å². The van der Waals surface area contributed by atoms with Crippen LogP contribution in [0.5, 0.6) is 11.5 Å². The molecule has 1 N–H and O–H groups in total. The van der Waals surface area contributed by atoms with Gasteiger partial charge in [0.15, 0.2) is 11.5 Å². The van der Waals surface area contributed by atoms with E-state index in [1.807, 2.05) is 68.4 Å². The van der Waals surface area contributed by atoms with Crippen LogP contribution in [0.1, 0.15) is 30.0 Å². The normalized spacial score (nSPS) is 11.8. The third-order valence-electron chi connectivity index (χ3n) is 7.63. The molecule has 47 heavy (non-hydrogen) atoms. The first-order chi connectivity index (χ1) is 22.6. The topological polar surface area (TPSA) is 105 Å². The summed E-state index contributed by atoms with van der Waals surface area (Å²) in [5.41, 5.74) is 2.74. The summed E-state index contributed by atoms with van der Waals surface area (Å²) in [5, 5.41) is 2.95. The maximum absolute atomic E-state index is 14.6. The number of carbonyl (C=O) groups is 2. The number of rotatable bonds is 15. The first kappa shape index (κ1) is 35.5. The van der Waals surface area contributed by atoms with E-state index in [0.717, 1.165) is 25.5 Å². The number of carbonyl (C=O) groups excluding carboxylic acids is 2. The Bertz CT molecular complexity index is 1750.